The van der Waals surface area contributed by atoms with Gasteiger partial charge in [-0.15, -0.1) is 0 Å². The van der Waals surface area contributed by atoms with Gasteiger partial charge in [0.15, 0.2) is 0 Å². The summed E-state index contributed by atoms with van der Waals surface area (Å²) in [7, 11) is 2.18. The van der Waals surface area contributed by atoms with Crippen LogP contribution in [0, 0.1) is 6.92 Å². The molecule has 0 aromatic heterocycles. The van der Waals surface area contributed by atoms with Crippen molar-refractivity contribution in [1.29, 1.82) is 0 Å². The summed E-state index contributed by atoms with van der Waals surface area (Å²) in [5, 5.41) is 3.54. The summed E-state index contributed by atoms with van der Waals surface area (Å²) in [5.74, 6) is 0. The lowest BCUT2D eigenvalue weighted by atomic mass is 10.1. The van der Waals surface area contributed by atoms with Crippen LogP contribution in [0.2, 0.25) is 0 Å². The van der Waals surface area contributed by atoms with Gasteiger partial charge in [0.2, 0.25) is 0 Å². The van der Waals surface area contributed by atoms with Gasteiger partial charge in [-0.2, -0.15) is 0 Å². The molecule has 1 N–H and O–H groups in total. The molecule has 15 heavy (non-hydrogen) atoms. The molecule has 1 unspecified atom stereocenters. The average Bonchev–Trinajstić information content (AvgIpc) is 2.71. The van der Waals surface area contributed by atoms with Crippen LogP contribution in [0.15, 0.2) is 24.3 Å². The second-order valence-electron chi connectivity index (χ2n) is 4.46. The van der Waals surface area contributed by atoms with Crippen LogP contribution >= 0.6 is 0 Å². The highest BCUT2D eigenvalue weighted by Gasteiger charge is 2.16. The quantitative estimate of drug-likeness (QED) is 0.812. The number of nitrogens with one attached hydrogen (secondary N) is 1. The zero-order valence-corrected chi connectivity index (χ0v) is 9.66. The Morgan fingerprint density at radius 2 is 2.20 bits per heavy atom. The molecule has 2 rings (SSSR count). The Balaban J connectivity index is 2.00. The molecule has 82 valence electrons. The first kappa shape index (κ1) is 10.5. The number of hydrogen-bond donors (Lipinski definition) is 1. The fourth-order valence-electron chi connectivity index (χ4n) is 2.33. The summed E-state index contributed by atoms with van der Waals surface area (Å²) in [5.41, 5.74) is 2.71. The van der Waals surface area contributed by atoms with Crippen molar-refractivity contribution < 1.29 is 0 Å². The molecule has 1 atom stereocenters. The van der Waals surface area contributed by atoms with Crippen molar-refractivity contribution in [2.45, 2.75) is 25.8 Å². The molecule has 1 aromatic rings. The molecule has 2 nitrogen and oxygen atoms in total. The monoisotopic (exact) mass is 204 g/mol. The number of benzene rings is 1. The third-order valence-electron chi connectivity index (χ3n) is 3.18. The number of hydrogen-bond acceptors (Lipinski definition) is 2. The number of rotatable bonds is 3. The highest BCUT2D eigenvalue weighted by atomic mass is 15.1. The fraction of sp³-hybridized carbons (Fsp3) is 0.538. The largest absolute Gasteiger partial charge is 0.373 e. The van der Waals surface area contributed by atoms with Crippen molar-refractivity contribution in [3.63, 3.8) is 0 Å². The first-order valence-electron chi connectivity index (χ1n) is 5.77. The van der Waals surface area contributed by atoms with Crippen LogP contribution in [-0.4, -0.2) is 26.2 Å². The Kier molecular flexibility index (Phi) is 3.27. The molecule has 0 aliphatic carbocycles. The topological polar surface area (TPSA) is 15.3 Å². The van der Waals surface area contributed by atoms with Gasteiger partial charge in [-0.3, -0.25) is 0 Å². The zero-order valence-electron chi connectivity index (χ0n) is 9.66. The maximum atomic E-state index is 3.54. The Morgan fingerprint density at radius 1 is 1.40 bits per heavy atom. The van der Waals surface area contributed by atoms with E-state index in [2.05, 4.69) is 48.5 Å². The van der Waals surface area contributed by atoms with E-state index in [9.17, 15) is 0 Å². The van der Waals surface area contributed by atoms with E-state index >= 15 is 0 Å². The molecule has 1 aromatic carbocycles. The first-order chi connectivity index (χ1) is 7.27. The van der Waals surface area contributed by atoms with Gasteiger partial charge in [0, 0.05) is 25.3 Å². The van der Waals surface area contributed by atoms with E-state index < -0.39 is 0 Å². The normalized spacial score (nSPS) is 20.5. The molecule has 0 spiro atoms. The van der Waals surface area contributed by atoms with E-state index in [1.807, 2.05) is 0 Å². The molecule has 2 heteroatoms. The number of nitrogens with zero attached hydrogens (tertiary/aromatic N) is 1. The zero-order chi connectivity index (χ0) is 10.7. The van der Waals surface area contributed by atoms with Crippen molar-refractivity contribution in [3.8, 4) is 0 Å². The summed E-state index contributed by atoms with van der Waals surface area (Å²) in [4.78, 5) is 2.36. The standard InChI is InChI=1S/C13H20N2/c1-11-6-3-4-8-13(11)15(2)10-12-7-5-9-14-12/h3-4,6,8,12,14H,5,7,9-10H2,1-2H3. The summed E-state index contributed by atoms with van der Waals surface area (Å²) in [6.07, 6.45) is 2.64. The van der Waals surface area contributed by atoms with E-state index in [-0.39, 0.29) is 0 Å². The number of aryl methyl sites for hydroxylation is 1. The third kappa shape index (κ3) is 2.51. The van der Waals surface area contributed by atoms with Gasteiger partial charge < -0.3 is 10.2 Å². The van der Waals surface area contributed by atoms with Gasteiger partial charge in [-0.05, 0) is 37.9 Å². The van der Waals surface area contributed by atoms with Crippen molar-refractivity contribution in [2.24, 2.45) is 0 Å². The summed E-state index contributed by atoms with van der Waals surface area (Å²) in [6, 6.07) is 9.26. The second kappa shape index (κ2) is 4.67. The van der Waals surface area contributed by atoms with E-state index in [1.54, 1.807) is 0 Å². The van der Waals surface area contributed by atoms with E-state index in [4.69, 9.17) is 0 Å². The van der Waals surface area contributed by atoms with Crippen LogP contribution in [0.3, 0.4) is 0 Å². The van der Waals surface area contributed by atoms with E-state index in [0.717, 1.165) is 6.54 Å². The Labute approximate surface area is 92.3 Å². The molecular formula is C13H20N2. The average molecular weight is 204 g/mol. The molecule has 1 saturated heterocycles. The number of likely N-dealkylation sites (N-methyl/N-ethyl adjacent to an activating group) is 1. The van der Waals surface area contributed by atoms with E-state index in [0.29, 0.717) is 6.04 Å². The Morgan fingerprint density at radius 3 is 2.87 bits per heavy atom. The molecular weight excluding hydrogens is 184 g/mol. The highest BCUT2D eigenvalue weighted by molar-refractivity contribution is 5.52. The number of anilines is 1. The second-order valence-corrected chi connectivity index (χ2v) is 4.46. The van der Waals surface area contributed by atoms with Crippen LogP contribution in [-0.2, 0) is 0 Å². The molecule has 0 amide bonds. The molecule has 0 saturated carbocycles. The minimum Gasteiger partial charge on any atom is -0.373 e. The minimum absolute atomic E-state index is 0.676. The maximum absolute atomic E-state index is 3.54. The predicted octanol–water partition coefficient (Wildman–Crippen LogP) is 2.18. The van der Waals surface area contributed by atoms with Gasteiger partial charge in [0.25, 0.3) is 0 Å². The predicted molar refractivity (Wildman–Crippen MR) is 65.5 cm³/mol. The van der Waals surface area contributed by atoms with Gasteiger partial charge >= 0.3 is 0 Å². The molecule has 1 aliphatic heterocycles. The Hall–Kier alpha value is -1.02. The minimum atomic E-state index is 0.676. The van der Waals surface area contributed by atoms with E-state index in [1.165, 1.54) is 30.6 Å². The van der Waals surface area contributed by atoms with Crippen LogP contribution in [0.1, 0.15) is 18.4 Å². The van der Waals surface area contributed by atoms with Crippen LogP contribution in [0.4, 0.5) is 5.69 Å². The first-order valence-corrected chi connectivity index (χ1v) is 5.77. The van der Waals surface area contributed by atoms with Gasteiger partial charge in [-0.1, -0.05) is 18.2 Å². The molecule has 0 bridgehead atoms. The lowest BCUT2D eigenvalue weighted by molar-refractivity contribution is 0.599. The lowest BCUT2D eigenvalue weighted by Gasteiger charge is -2.24. The third-order valence-corrected chi connectivity index (χ3v) is 3.18. The maximum Gasteiger partial charge on any atom is 0.0393 e. The highest BCUT2D eigenvalue weighted by Crippen LogP contribution is 2.19. The molecule has 1 aliphatic rings. The SMILES string of the molecule is Cc1ccccc1N(C)CC1CCCN1. The van der Waals surface area contributed by atoms with Crippen molar-refractivity contribution >= 4 is 5.69 Å². The fourth-order valence-corrected chi connectivity index (χ4v) is 2.33. The van der Waals surface area contributed by atoms with Crippen molar-refractivity contribution in [2.75, 3.05) is 25.0 Å². The van der Waals surface area contributed by atoms with Crippen molar-refractivity contribution in [3.05, 3.63) is 29.8 Å². The van der Waals surface area contributed by atoms with Gasteiger partial charge in [0.05, 0.1) is 0 Å². The van der Waals surface area contributed by atoms with Gasteiger partial charge in [-0.25, -0.2) is 0 Å². The number of para-hydroxylation sites is 1. The summed E-state index contributed by atoms with van der Waals surface area (Å²) >= 11 is 0. The Bertz CT molecular complexity index is 316. The van der Waals surface area contributed by atoms with Crippen LogP contribution in [0.5, 0.6) is 0 Å². The summed E-state index contributed by atoms with van der Waals surface area (Å²) in [6.45, 7) is 4.48. The molecule has 1 heterocycles. The summed E-state index contributed by atoms with van der Waals surface area (Å²) < 4.78 is 0. The molecule has 0 radical (unpaired) electrons. The lowest BCUT2D eigenvalue weighted by Crippen LogP contribution is -2.35. The van der Waals surface area contributed by atoms with Gasteiger partial charge in [0.1, 0.15) is 0 Å². The molecule has 1 fully saturated rings. The van der Waals surface area contributed by atoms with Crippen LogP contribution < -0.4 is 10.2 Å². The van der Waals surface area contributed by atoms with Crippen molar-refractivity contribution in [1.82, 2.24) is 5.32 Å². The van der Waals surface area contributed by atoms with Crippen LogP contribution in [0.25, 0.3) is 0 Å². The smallest absolute Gasteiger partial charge is 0.0393 e.